The van der Waals surface area contributed by atoms with Crippen LogP contribution in [0.25, 0.3) is 0 Å². The van der Waals surface area contributed by atoms with E-state index >= 15 is 0 Å². The summed E-state index contributed by atoms with van der Waals surface area (Å²) in [4.78, 5) is 25.9. The van der Waals surface area contributed by atoms with Crippen LogP contribution < -0.4 is 0 Å². The molecule has 0 spiro atoms. The number of nitrogens with zero attached hydrogens (tertiary/aromatic N) is 1. The Morgan fingerprint density at radius 2 is 1.38 bits per heavy atom. The summed E-state index contributed by atoms with van der Waals surface area (Å²) in [5.74, 6) is -0.0257. The second-order valence-electron chi connectivity index (χ2n) is 5.41. The predicted molar refractivity (Wildman–Crippen MR) is 81.3 cm³/mol. The third kappa shape index (κ3) is 2.47. The van der Waals surface area contributed by atoms with Gasteiger partial charge >= 0.3 is 0 Å². The molecule has 1 unspecified atom stereocenters. The average Bonchev–Trinajstić information content (AvgIpc) is 2.78. The first kappa shape index (κ1) is 13.6. The molecule has 0 fully saturated rings. The molecule has 3 rings (SSSR count). The minimum atomic E-state index is -0.170. The van der Waals surface area contributed by atoms with Crippen LogP contribution in [0.15, 0.2) is 54.6 Å². The van der Waals surface area contributed by atoms with Gasteiger partial charge < -0.3 is 0 Å². The van der Waals surface area contributed by atoms with Gasteiger partial charge in [-0.05, 0) is 30.0 Å². The smallest absolute Gasteiger partial charge is 0.261 e. The molecule has 0 radical (unpaired) electrons. The minimum absolute atomic E-state index is 0.170. The summed E-state index contributed by atoms with van der Waals surface area (Å²) in [6.45, 7) is 2.58. The van der Waals surface area contributed by atoms with Crippen LogP contribution in [0, 0.1) is 0 Å². The van der Waals surface area contributed by atoms with Gasteiger partial charge in [-0.25, -0.2) is 0 Å². The summed E-state index contributed by atoms with van der Waals surface area (Å²) >= 11 is 0. The van der Waals surface area contributed by atoms with Crippen LogP contribution in [0.5, 0.6) is 0 Å². The topological polar surface area (TPSA) is 37.4 Å². The van der Waals surface area contributed by atoms with E-state index in [9.17, 15) is 9.59 Å². The van der Waals surface area contributed by atoms with Crippen LogP contribution >= 0.6 is 0 Å². The first-order chi connectivity index (χ1) is 10.2. The first-order valence-electron chi connectivity index (χ1n) is 7.18. The molecule has 3 heteroatoms. The lowest BCUT2D eigenvalue weighted by molar-refractivity contribution is 0.0650. The summed E-state index contributed by atoms with van der Waals surface area (Å²) < 4.78 is 0. The molecule has 106 valence electrons. The summed E-state index contributed by atoms with van der Waals surface area (Å²) in [6.07, 6.45) is 0.773. The normalized spacial score (nSPS) is 15.2. The summed E-state index contributed by atoms with van der Waals surface area (Å²) in [5.41, 5.74) is 2.28. The molecule has 21 heavy (non-hydrogen) atoms. The molecule has 0 saturated carbocycles. The predicted octanol–water partition coefficient (Wildman–Crippen LogP) is 3.48. The van der Waals surface area contributed by atoms with Crippen molar-refractivity contribution in [3.63, 3.8) is 0 Å². The molecule has 3 nitrogen and oxygen atoms in total. The second kappa shape index (κ2) is 5.52. The maximum Gasteiger partial charge on any atom is 0.261 e. The Morgan fingerprint density at radius 1 is 0.857 bits per heavy atom. The molecular formula is C18H17NO2. The Kier molecular flexibility index (Phi) is 3.57. The number of hydrogen-bond donors (Lipinski definition) is 0. The highest BCUT2D eigenvalue weighted by molar-refractivity contribution is 6.21. The van der Waals surface area contributed by atoms with Gasteiger partial charge in [-0.2, -0.15) is 0 Å². The largest absolute Gasteiger partial charge is 0.274 e. The van der Waals surface area contributed by atoms with Gasteiger partial charge in [0, 0.05) is 6.54 Å². The Hall–Kier alpha value is -2.42. The quantitative estimate of drug-likeness (QED) is 0.804. The molecule has 1 aliphatic heterocycles. The second-order valence-corrected chi connectivity index (χ2v) is 5.41. The lowest BCUT2D eigenvalue weighted by atomic mass is 9.98. The Labute approximate surface area is 124 Å². The summed E-state index contributed by atoms with van der Waals surface area (Å²) in [7, 11) is 0. The number of carbonyl (C=O) groups is 2. The van der Waals surface area contributed by atoms with Crippen molar-refractivity contribution in [2.24, 2.45) is 0 Å². The maximum atomic E-state index is 12.3. The summed E-state index contributed by atoms with van der Waals surface area (Å²) in [5, 5.41) is 0. The number of rotatable bonds is 4. The zero-order chi connectivity index (χ0) is 14.8. The number of benzene rings is 2. The molecule has 0 aliphatic carbocycles. The molecule has 2 amide bonds. The van der Waals surface area contributed by atoms with E-state index in [4.69, 9.17) is 0 Å². The maximum absolute atomic E-state index is 12.3. The average molecular weight is 279 g/mol. The van der Waals surface area contributed by atoms with Gasteiger partial charge in [0.1, 0.15) is 0 Å². The molecule has 1 heterocycles. The van der Waals surface area contributed by atoms with E-state index in [2.05, 4.69) is 19.1 Å². The molecule has 0 saturated heterocycles. The standard InChI is InChI=1S/C18H17NO2/c1-13(14-7-3-2-4-8-14)11-12-19-17(20)15-9-5-6-10-16(15)18(19)21/h2-10,13H,11-12H2,1H3. The molecule has 0 N–H and O–H groups in total. The van der Waals surface area contributed by atoms with Crippen LogP contribution in [-0.2, 0) is 0 Å². The Morgan fingerprint density at radius 3 is 1.95 bits per heavy atom. The Balaban J connectivity index is 1.70. The minimum Gasteiger partial charge on any atom is -0.274 e. The van der Waals surface area contributed by atoms with Crippen molar-refractivity contribution in [3.05, 3.63) is 71.3 Å². The van der Waals surface area contributed by atoms with Crippen molar-refractivity contribution >= 4 is 11.8 Å². The van der Waals surface area contributed by atoms with Crippen LogP contribution in [0.1, 0.15) is 45.5 Å². The van der Waals surface area contributed by atoms with E-state index in [1.165, 1.54) is 10.5 Å². The highest BCUT2D eigenvalue weighted by Gasteiger charge is 2.34. The summed E-state index contributed by atoms with van der Waals surface area (Å²) in [6, 6.07) is 17.2. The molecule has 2 aromatic carbocycles. The Bertz CT molecular complexity index is 644. The van der Waals surface area contributed by atoms with E-state index in [1.54, 1.807) is 24.3 Å². The van der Waals surface area contributed by atoms with Crippen LogP contribution in [0.4, 0.5) is 0 Å². The van der Waals surface area contributed by atoms with Crippen LogP contribution in [-0.4, -0.2) is 23.3 Å². The number of fused-ring (bicyclic) bond motifs is 1. The van der Waals surface area contributed by atoms with Gasteiger partial charge in [-0.15, -0.1) is 0 Å². The van der Waals surface area contributed by atoms with E-state index in [0.29, 0.717) is 23.6 Å². The molecule has 0 aromatic heterocycles. The van der Waals surface area contributed by atoms with E-state index in [0.717, 1.165) is 6.42 Å². The molecule has 2 aromatic rings. The lowest BCUT2D eigenvalue weighted by Crippen LogP contribution is -2.31. The SMILES string of the molecule is CC(CCN1C(=O)c2ccccc2C1=O)c1ccccc1. The van der Waals surface area contributed by atoms with E-state index < -0.39 is 0 Å². The highest BCUT2D eigenvalue weighted by Crippen LogP contribution is 2.25. The number of imide groups is 1. The van der Waals surface area contributed by atoms with Crippen molar-refractivity contribution in [2.75, 3.05) is 6.54 Å². The monoisotopic (exact) mass is 279 g/mol. The molecule has 1 atom stereocenters. The fourth-order valence-corrected chi connectivity index (χ4v) is 2.71. The highest BCUT2D eigenvalue weighted by atomic mass is 16.2. The third-order valence-corrected chi connectivity index (χ3v) is 4.03. The van der Waals surface area contributed by atoms with Gasteiger partial charge in [-0.3, -0.25) is 14.5 Å². The van der Waals surface area contributed by atoms with Gasteiger partial charge in [0.2, 0.25) is 0 Å². The van der Waals surface area contributed by atoms with Crippen molar-refractivity contribution in [1.82, 2.24) is 4.90 Å². The van der Waals surface area contributed by atoms with E-state index in [-0.39, 0.29) is 11.8 Å². The van der Waals surface area contributed by atoms with Crippen molar-refractivity contribution in [1.29, 1.82) is 0 Å². The number of hydrogen-bond acceptors (Lipinski definition) is 2. The lowest BCUT2D eigenvalue weighted by Gasteiger charge is -2.17. The fraction of sp³-hybridized carbons (Fsp3) is 0.222. The van der Waals surface area contributed by atoms with Gasteiger partial charge in [0.05, 0.1) is 11.1 Å². The molecule has 0 bridgehead atoms. The third-order valence-electron chi connectivity index (χ3n) is 4.03. The van der Waals surface area contributed by atoms with Crippen molar-refractivity contribution < 1.29 is 9.59 Å². The van der Waals surface area contributed by atoms with Crippen LogP contribution in [0.2, 0.25) is 0 Å². The van der Waals surface area contributed by atoms with E-state index in [1.807, 2.05) is 18.2 Å². The number of carbonyl (C=O) groups excluding carboxylic acids is 2. The molecule has 1 aliphatic rings. The molecular weight excluding hydrogens is 262 g/mol. The van der Waals surface area contributed by atoms with Gasteiger partial charge in [0.25, 0.3) is 11.8 Å². The van der Waals surface area contributed by atoms with Crippen molar-refractivity contribution in [3.8, 4) is 0 Å². The van der Waals surface area contributed by atoms with Crippen LogP contribution in [0.3, 0.4) is 0 Å². The zero-order valence-corrected chi connectivity index (χ0v) is 12.0. The zero-order valence-electron chi connectivity index (χ0n) is 12.0. The van der Waals surface area contributed by atoms with Gasteiger partial charge in [0.15, 0.2) is 0 Å². The number of amides is 2. The van der Waals surface area contributed by atoms with Crippen molar-refractivity contribution in [2.45, 2.75) is 19.3 Å². The van der Waals surface area contributed by atoms with Gasteiger partial charge in [-0.1, -0.05) is 49.4 Å². The fourth-order valence-electron chi connectivity index (χ4n) is 2.71. The first-order valence-corrected chi connectivity index (χ1v) is 7.18.